The molecule has 0 spiro atoms. The molecule has 0 aliphatic rings. The summed E-state index contributed by atoms with van der Waals surface area (Å²) in [7, 11) is 3.16. The van der Waals surface area contributed by atoms with Gasteiger partial charge in [0.15, 0.2) is 17.3 Å². The van der Waals surface area contributed by atoms with Crippen molar-refractivity contribution in [3.8, 4) is 28.4 Å². The first kappa shape index (κ1) is 23.7. The lowest BCUT2D eigenvalue weighted by molar-refractivity contribution is 0.354. The van der Waals surface area contributed by atoms with Crippen LogP contribution in [0.1, 0.15) is 17.0 Å². The molecule has 10 heteroatoms. The van der Waals surface area contributed by atoms with E-state index in [1.54, 1.807) is 31.2 Å². The van der Waals surface area contributed by atoms with Crippen LogP contribution in [0.3, 0.4) is 0 Å². The smallest absolute Gasteiger partial charge is 0.255 e. The van der Waals surface area contributed by atoms with Crippen LogP contribution < -0.4 is 20.8 Å². The standard InChI is InChI=1S/C27H25N7O3/c1-36-22-8-5-19(13-23(22)37-2)14-25-31-27(28)32-34(25)24-15-26(35)33(17-30-24)16-18-3-6-20(7-4-18)21-9-11-29-12-10-21/h3-13,15,17H,14,16H2,1-2H3,(H2,28,32). The third kappa shape index (κ3) is 5.18. The van der Waals surface area contributed by atoms with Gasteiger partial charge >= 0.3 is 0 Å². The SMILES string of the molecule is COc1ccc(Cc2nc(N)nn2-c2cc(=O)n(Cc3ccc(-c4ccncc4)cc3)cn2)cc1OC. The summed E-state index contributed by atoms with van der Waals surface area (Å²) in [5.41, 5.74) is 9.74. The molecule has 0 aliphatic heterocycles. The second-order valence-corrected chi connectivity index (χ2v) is 8.31. The number of aromatic nitrogens is 6. The molecule has 0 saturated heterocycles. The summed E-state index contributed by atoms with van der Waals surface area (Å²) in [5.74, 6) is 2.21. The third-order valence-corrected chi connectivity index (χ3v) is 5.90. The van der Waals surface area contributed by atoms with Crippen molar-refractivity contribution in [1.29, 1.82) is 0 Å². The fourth-order valence-electron chi connectivity index (χ4n) is 4.03. The lowest BCUT2D eigenvalue weighted by Crippen LogP contribution is -2.22. The Kier molecular flexibility index (Phi) is 6.62. The Balaban J connectivity index is 1.36. The molecular formula is C27H25N7O3. The summed E-state index contributed by atoms with van der Waals surface area (Å²) in [6, 6.07) is 19.0. The van der Waals surface area contributed by atoms with E-state index < -0.39 is 0 Å². The second-order valence-electron chi connectivity index (χ2n) is 8.31. The van der Waals surface area contributed by atoms with Crippen LogP contribution in [-0.4, -0.2) is 43.5 Å². The van der Waals surface area contributed by atoms with E-state index in [-0.39, 0.29) is 11.5 Å². The first-order valence-electron chi connectivity index (χ1n) is 11.5. The minimum absolute atomic E-state index is 0.0933. The normalized spacial score (nSPS) is 10.9. The number of nitrogen functional groups attached to an aromatic ring is 1. The van der Waals surface area contributed by atoms with Gasteiger partial charge in [0.1, 0.15) is 12.2 Å². The number of nitrogens with zero attached hydrogens (tertiary/aromatic N) is 6. The molecule has 10 nitrogen and oxygen atoms in total. The van der Waals surface area contributed by atoms with E-state index in [1.165, 1.54) is 17.1 Å². The Morgan fingerprint density at radius 3 is 2.27 bits per heavy atom. The van der Waals surface area contributed by atoms with Gasteiger partial charge < -0.3 is 15.2 Å². The maximum Gasteiger partial charge on any atom is 0.255 e. The summed E-state index contributed by atoms with van der Waals surface area (Å²) in [6.45, 7) is 0.390. The molecule has 0 radical (unpaired) electrons. The summed E-state index contributed by atoms with van der Waals surface area (Å²) in [6.07, 6.45) is 5.43. The van der Waals surface area contributed by atoms with Crippen molar-refractivity contribution in [3.63, 3.8) is 0 Å². The molecule has 3 aromatic heterocycles. The summed E-state index contributed by atoms with van der Waals surface area (Å²) >= 11 is 0. The number of rotatable bonds is 8. The zero-order chi connectivity index (χ0) is 25.8. The van der Waals surface area contributed by atoms with Crippen molar-refractivity contribution in [2.24, 2.45) is 0 Å². The van der Waals surface area contributed by atoms with Gasteiger partial charge in [-0.1, -0.05) is 30.3 Å². The molecule has 2 N–H and O–H groups in total. The van der Waals surface area contributed by atoms with Crippen molar-refractivity contribution in [2.45, 2.75) is 13.0 Å². The Morgan fingerprint density at radius 2 is 1.57 bits per heavy atom. The van der Waals surface area contributed by atoms with Crippen molar-refractivity contribution in [1.82, 2.24) is 29.3 Å². The molecule has 37 heavy (non-hydrogen) atoms. The van der Waals surface area contributed by atoms with Crippen LogP contribution in [0.25, 0.3) is 16.9 Å². The number of benzene rings is 2. The number of nitrogens with two attached hydrogens (primary N) is 1. The zero-order valence-electron chi connectivity index (χ0n) is 20.4. The monoisotopic (exact) mass is 495 g/mol. The average molecular weight is 496 g/mol. The molecule has 3 heterocycles. The van der Waals surface area contributed by atoms with Crippen LogP contribution in [-0.2, 0) is 13.0 Å². The van der Waals surface area contributed by atoms with E-state index in [9.17, 15) is 4.79 Å². The molecule has 0 bridgehead atoms. The molecule has 5 aromatic rings. The largest absolute Gasteiger partial charge is 0.493 e. The number of anilines is 1. The lowest BCUT2D eigenvalue weighted by atomic mass is 10.1. The number of hydrogen-bond acceptors (Lipinski definition) is 8. The van der Waals surface area contributed by atoms with Crippen LogP contribution >= 0.6 is 0 Å². The highest BCUT2D eigenvalue weighted by atomic mass is 16.5. The van der Waals surface area contributed by atoms with E-state index in [2.05, 4.69) is 20.1 Å². The summed E-state index contributed by atoms with van der Waals surface area (Å²) in [5, 5.41) is 4.26. The molecule has 0 atom stereocenters. The highest BCUT2D eigenvalue weighted by molar-refractivity contribution is 5.62. The average Bonchev–Trinajstić information content (AvgIpc) is 3.30. The maximum atomic E-state index is 12.9. The van der Waals surface area contributed by atoms with Gasteiger partial charge in [-0.2, -0.15) is 9.67 Å². The highest BCUT2D eigenvalue weighted by Crippen LogP contribution is 2.28. The quantitative estimate of drug-likeness (QED) is 0.348. The molecule has 0 fully saturated rings. The maximum absolute atomic E-state index is 12.9. The lowest BCUT2D eigenvalue weighted by Gasteiger charge is -2.10. The van der Waals surface area contributed by atoms with E-state index in [0.29, 0.717) is 36.1 Å². The Morgan fingerprint density at radius 1 is 0.865 bits per heavy atom. The van der Waals surface area contributed by atoms with Crippen molar-refractivity contribution in [3.05, 3.63) is 107 Å². The third-order valence-electron chi connectivity index (χ3n) is 5.90. The van der Waals surface area contributed by atoms with Gasteiger partial charge in [-0.05, 0) is 46.5 Å². The number of hydrogen-bond donors (Lipinski definition) is 1. The summed E-state index contributed by atoms with van der Waals surface area (Å²) < 4.78 is 13.7. The van der Waals surface area contributed by atoms with Crippen LogP contribution in [0.4, 0.5) is 5.95 Å². The predicted molar refractivity (Wildman–Crippen MR) is 139 cm³/mol. The topological polar surface area (TPSA) is 123 Å². The summed E-state index contributed by atoms with van der Waals surface area (Å²) in [4.78, 5) is 25.8. The van der Waals surface area contributed by atoms with Crippen LogP contribution in [0, 0.1) is 0 Å². The van der Waals surface area contributed by atoms with E-state index >= 15 is 0 Å². The van der Waals surface area contributed by atoms with Crippen LogP contribution in [0.5, 0.6) is 11.5 Å². The molecule has 5 rings (SSSR count). The molecule has 2 aromatic carbocycles. The molecule has 0 aliphatic carbocycles. The van der Waals surface area contributed by atoms with Crippen LogP contribution in [0.2, 0.25) is 0 Å². The van der Waals surface area contributed by atoms with Gasteiger partial charge in [-0.25, -0.2) is 4.98 Å². The minimum Gasteiger partial charge on any atom is -0.493 e. The predicted octanol–water partition coefficient (Wildman–Crippen LogP) is 3.12. The first-order chi connectivity index (χ1) is 18.0. The molecule has 0 unspecified atom stereocenters. The minimum atomic E-state index is -0.214. The van der Waals surface area contributed by atoms with Gasteiger partial charge in [-0.3, -0.25) is 14.3 Å². The van der Waals surface area contributed by atoms with E-state index in [0.717, 1.165) is 22.3 Å². The van der Waals surface area contributed by atoms with Crippen molar-refractivity contribution in [2.75, 3.05) is 20.0 Å². The van der Waals surface area contributed by atoms with Crippen molar-refractivity contribution >= 4 is 5.95 Å². The Labute approximate surface area is 213 Å². The number of methoxy groups -OCH3 is 2. The molecular weight excluding hydrogens is 470 g/mol. The van der Waals surface area contributed by atoms with E-state index in [4.69, 9.17) is 15.2 Å². The van der Waals surface area contributed by atoms with Gasteiger partial charge in [0.2, 0.25) is 5.95 Å². The first-order valence-corrected chi connectivity index (χ1v) is 11.5. The second kappa shape index (κ2) is 10.3. The highest BCUT2D eigenvalue weighted by Gasteiger charge is 2.15. The van der Waals surface area contributed by atoms with Crippen molar-refractivity contribution < 1.29 is 9.47 Å². The molecule has 0 amide bonds. The van der Waals surface area contributed by atoms with E-state index in [1.807, 2.05) is 54.6 Å². The van der Waals surface area contributed by atoms with Gasteiger partial charge in [0.25, 0.3) is 5.56 Å². The van der Waals surface area contributed by atoms with Gasteiger partial charge in [-0.15, -0.1) is 5.10 Å². The van der Waals surface area contributed by atoms with Crippen LogP contribution in [0.15, 0.2) is 84.2 Å². The fraction of sp³-hybridized carbons (Fsp3) is 0.148. The van der Waals surface area contributed by atoms with Gasteiger partial charge in [0, 0.05) is 24.9 Å². The number of pyridine rings is 1. The zero-order valence-corrected chi connectivity index (χ0v) is 20.4. The Bertz CT molecular complexity index is 1580. The van der Waals surface area contributed by atoms with Gasteiger partial charge in [0.05, 0.1) is 20.8 Å². The Hall–Kier alpha value is -4.99. The number of ether oxygens (including phenoxy) is 2. The molecule has 0 saturated carbocycles. The fourth-order valence-corrected chi connectivity index (χ4v) is 4.03. The molecule has 186 valence electrons.